The summed E-state index contributed by atoms with van der Waals surface area (Å²) in [6.07, 6.45) is 4.14. The van der Waals surface area contributed by atoms with Gasteiger partial charge >= 0.3 is 0 Å². The predicted molar refractivity (Wildman–Crippen MR) is 90.8 cm³/mol. The molecule has 2 heteroatoms. The molecule has 0 bridgehead atoms. The number of fused-ring (bicyclic) bond motifs is 1. The second kappa shape index (κ2) is 5.15. The van der Waals surface area contributed by atoms with Crippen LogP contribution in [0.15, 0.2) is 79.1 Å². The van der Waals surface area contributed by atoms with Gasteiger partial charge < -0.3 is 4.40 Å². The summed E-state index contributed by atoms with van der Waals surface area (Å²) < 4.78 is 2.09. The van der Waals surface area contributed by atoms with E-state index in [2.05, 4.69) is 78.2 Å². The van der Waals surface area contributed by atoms with Crippen molar-refractivity contribution >= 4 is 5.65 Å². The van der Waals surface area contributed by atoms with Crippen molar-refractivity contribution in [3.05, 3.63) is 84.7 Å². The van der Waals surface area contributed by atoms with Crippen LogP contribution in [-0.2, 0) is 0 Å². The lowest BCUT2D eigenvalue weighted by atomic mass is 10.1. The Hall–Kier alpha value is -2.87. The SMILES string of the molecule is Cc1ccc(-c2cn3cccc(-c4ccccc4)c3n2)cc1. The van der Waals surface area contributed by atoms with Crippen molar-refractivity contribution in [2.75, 3.05) is 0 Å². The topological polar surface area (TPSA) is 17.3 Å². The van der Waals surface area contributed by atoms with E-state index in [1.54, 1.807) is 0 Å². The Morgan fingerprint density at radius 3 is 2.32 bits per heavy atom. The Balaban J connectivity index is 1.89. The highest BCUT2D eigenvalue weighted by atomic mass is 15.0. The van der Waals surface area contributed by atoms with Gasteiger partial charge in [-0.05, 0) is 24.6 Å². The molecular formula is C20H16N2. The van der Waals surface area contributed by atoms with E-state index in [4.69, 9.17) is 4.98 Å². The number of aryl methyl sites for hydroxylation is 1. The van der Waals surface area contributed by atoms with Crippen LogP contribution in [0.1, 0.15) is 5.56 Å². The molecule has 0 N–H and O–H groups in total. The zero-order chi connectivity index (χ0) is 14.9. The normalized spacial score (nSPS) is 11.0. The molecule has 2 aromatic heterocycles. The number of benzene rings is 2. The summed E-state index contributed by atoms with van der Waals surface area (Å²) in [7, 11) is 0. The van der Waals surface area contributed by atoms with E-state index in [1.165, 1.54) is 11.1 Å². The average Bonchev–Trinajstić information content (AvgIpc) is 3.00. The minimum Gasteiger partial charge on any atom is -0.306 e. The van der Waals surface area contributed by atoms with Crippen molar-refractivity contribution in [3.8, 4) is 22.4 Å². The summed E-state index contributed by atoms with van der Waals surface area (Å²) in [6, 6.07) is 23.1. The average molecular weight is 284 g/mol. The van der Waals surface area contributed by atoms with Gasteiger partial charge in [0.1, 0.15) is 5.65 Å². The van der Waals surface area contributed by atoms with Crippen molar-refractivity contribution in [1.82, 2.24) is 9.38 Å². The van der Waals surface area contributed by atoms with Crippen LogP contribution in [0.5, 0.6) is 0 Å². The number of imidazole rings is 1. The molecule has 0 aliphatic heterocycles. The fraction of sp³-hybridized carbons (Fsp3) is 0.0500. The van der Waals surface area contributed by atoms with Gasteiger partial charge in [-0.1, -0.05) is 60.2 Å². The quantitative estimate of drug-likeness (QED) is 0.507. The Morgan fingerprint density at radius 1 is 0.773 bits per heavy atom. The van der Waals surface area contributed by atoms with E-state index in [1.807, 2.05) is 12.3 Å². The Kier molecular flexibility index (Phi) is 3.01. The van der Waals surface area contributed by atoms with Crippen LogP contribution in [0, 0.1) is 6.92 Å². The monoisotopic (exact) mass is 284 g/mol. The fourth-order valence-corrected chi connectivity index (χ4v) is 2.72. The lowest BCUT2D eigenvalue weighted by molar-refractivity contribution is 1.19. The van der Waals surface area contributed by atoms with Crippen molar-refractivity contribution in [1.29, 1.82) is 0 Å². The summed E-state index contributed by atoms with van der Waals surface area (Å²) in [5.74, 6) is 0. The van der Waals surface area contributed by atoms with E-state index in [-0.39, 0.29) is 0 Å². The second-order valence-corrected chi connectivity index (χ2v) is 5.51. The third kappa shape index (κ3) is 2.19. The van der Waals surface area contributed by atoms with Crippen molar-refractivity contribution < 1.29 is 0 Å². The van der Waals surface area contributed by atoms with Gasteiger partial charge in [0.15, 0.2) is 0 Å². The molecule has 0 fully saturated rings. The number of rotatable bonds is 2. The largest absolute Gasteiger partial charge is 0.306 e. The van der Waals surface area contributed by atoms with Crippen LogP contribution >= 0.6 is 0 Å². The Morgan fingerprint density at radius 2 is 1.55 bits per heavy atom. The minimum absolute atomic E-state index is 0.990. The van der Waals surface area contributed by atoms with Crippen LogP contribution in [0.4, 0.5) is 0 Å². The lowest BCUT2D eigenvalue weighted by Crippen LogP contribution is -1.86. The van der Waals surface area contributed by atoms with E-state index in [0.717, 1.165) is 22.5 Å². The first-order chi connectivity index (χ1) is 10.8. The van der Waals surface area contributed by atoms with Crippen LogP contribution < -0.4 is 0 Å². The molecule has 2 heterocycles. The molecule has 0 unspecified atom stereocenters. The Bertz CT molecular complexity index is 919. The zero-order valence-electron chi connectivity index (χ0n) is 12.4. The molecule has 4 aromatic rings. The molecular weight excluding hydrogens is 268 g/mol. The van der Waals surface area contributed by atoms with Crippen LogP contribution in [0.3, 0.4) is 0 Å². The summed E-state index contributed by atoms with van der Waals surface area (Å²) in [6.45, 7) is 2.10. The highest BCUT2D eigenvalue weighted by Gasteiger charge is 2.09. The minimum atomic E-state index is 0.990. The molecule has 0 atom stereocenters. The molecule has 0 amide bonds. The van der Waals surface area contributed by atoms with Gasteiger partial charge in [-0.2, -0.15) is 0 Å². The summed E-state index contributed by atoms with van der Waals surface area (Å²) >= 11 is 0. The maximum Gasteiger partial charge on any atom is 0.145 e. The van der Waals surface area contributed by atoms with Gasteiger partial charge in [-0.3, -0.25) is 0 Å². The van der Waals surface area contributed by atoms with Crippen molar-refractivity contribution in [2.24, 2.45) is 0 Å². The second-order valence-electron chi connectivity index (χ2n) is 5.51. The van der Waals surface area contributed by atoms with Crippen LogP contribution in [0.25, 0.3) is 28.0 Å². The van der Waals surface area contributed by atoms with Gasteiger partial charge in [0.2, 0.25) is 0 Å². The first kappa shape index (κ1) is 12.8. The molecule has 0 aliphatic carbocycles. The summed E-state index contributed by atoms with van der Waals surface area (Å²) in [5, 5.41) is 0. The third-order valence-electron chi connectivity index (χ3n) is 3.91. The molecule has 22 heavy (non-hydrogen) atoms. The molecule has 0 spiro atoms. The number of pyridine rings is 1. The van der Waals surface area contributed by atoms with E-state index in [0.29, 0.717) is 0 Å². The lowest BCUT2D eigenvalue weighted by Gasteiger charge is -2.02. The highest BCUT2D eigenvalue weighted by Crippen LogP contribution is 2.27. The van der Waals surface area contributed by atoms with Gasteiger partial charge in [-0.15, -0.1) is 0 Å². The van der Waals surface area contributed by atoms with Crippen LogP contribution in [0.2, 0.25) is 0 Å². The fourth-order valence-electron chi connectivity index (χ4n) is 2.72. The van der Waals surface area contributed by atoms with Gasteiger partial charge in [0.05, 0.1) is 5.69 Å². The highest BCUT2D eigenvalue weighted by molar-refractivity contribution is 5.79. The van der Waals surface area contributed by atoms with E-state index < -0.39 is 0 Å². The zero-order valence-corrected chi connectivity index (χ0v) is 12.4. The Labute approximate surface area is 129 Å². The number of aromatic nitrogens is 2. The molecule has 106 valence electrons. The van der Waals surface area contributed by atoms with E-state index in [9.17, 15) is 0 Å². The van der Waals surface area contributed by atoms with Crippen molar-refractivity contribution in [2.45, 2.75) is 6.92 Å². The predicted octanol–water partition coefficient (Wildman–Crippen LogP) is 4.98. The van der Waals surface area contributed by atoms with Crippen LogP contribution in [-0.4, -0.2) is 9.38 Å². The molecule has 0 aliphatic rings. The smallest absolute Gasteiger partial charge is 0.145 e. The van der Waals surface area contributed by atoms with Gasteiger partial charge in [-0.25, -0.2) is 4.98 Å². The summed E-state index contributed by atoms with van der Waals surface area (Å²) in [4.78, 5) is 4.85. The van der Waals surface area contributed by atoms with Gasteiger partial charge in [0.25, 0.3) is 0 Å². The number of nitrogens with zero attached hydrogens (tertiary/aromatic N) is 2. The van der Waals surface area contributed by atoms with E-state index >= 15 is 0 Å². The maximum atomic E-state index is 4.85. The first-order valence-electron chi connectivity index (χ1n) is 7.41. The molecule has 2 aromatic carbocycles. The molecule has 2 nitrogen and oxygen atoms in total. The molecule has 0 saturated heterocycles. The maximum absolute atomic E-state index is 4.85. The molecule has 4 rings (SSSR count). The first-order valence-corrected chi connectivity index (χ1v) is 7.41. The van der Waals surface area contributed by atoms with Crippen molar-refractivity contribution in [3.63, 3.8) is 0 Å². The molecule has 0 saturated carbocycles. The number of hydrogen-bond acceptors (Lipinski definition) is 1. The number of hydrogen-bond donors (Lipinski definition) is 0. The third-order valence-corrected chi connectivity index (χ3v) is 3.91. The molecule has 0 radical (unpaired) electrons. The summed E-state index contributed by atoms with van der Waals surface area (Å²) in [5.41, 5.74) is 6.74. The van der Waals surface area contributed by atoms with Gasteiger partial charge in [0, 0.05) is 23.5 Å². The standard InChI is InChI=1S/C20H16N2/c1-15-9-11-17(12-10-15)19-14-22-13-5-8-18(20(22)21-19)16-6-3-2-4-7-16/h2-14H,1H3.